The molecule has 9 heteroatoms. The molecule has 0 unspecified atom stereocenters. The summed E-state index contributed by atoms with van der Waals surface area (Å²) >= 11 is 20.4. The molecule has 0 bridgehead atoms. The van der Waals surface area contributed by atoms with Crippen LogP contribution in [0.5, 0.6) is 0 Å². The summed E-state index contributed by atoms with van der Waals surface area (Å²) in [4.78, 5) is 14.4. The van der Waals surface area contributed by atoms with E-state index in [4.69, 9.17) is 39.9 Å². The van der Waals surface area contributed by atoms with Crippen LogP contribution in [0.15, 0.2) is 30.3 Å². The topological polar surface area (TPSA) is 50.2 Å². The van der Waals surface area contributed by atoms with Gasteiger partial charge >= 0.3 is 0 Å². The summed E-state index contributed by atoms with van der Waals surface area (Å²) in [6, 6.07) is 9.24. The third kappa shape index (κ3) is 4.86. The number of piperidine rings is 1. The fraction of sp³-hybridized carbons (Fsp3) is 0.333. The molecule has 0 radical (unpaired) electrons. The van der Waals surface area contributed by atoms with Crippen LogP contribution in [-0.4, -0.2) is 33.8 Å². The average Bonchev–Trinajstić information content (AvgIpc) is 3.38. The third-order valence-corrected chi connectivity index (χ3v) is 7.76. The second kappa shape index (κ2) is 9.80. The van der Waals surface area contributed by atoms with Crippen LogP contribution >= 0.6 is 46.1 Å². The van der Waals surface area contributed by atoms with Crippen LogP contribution in [0.25, 0.3) is 17.3 Å². The lowest BCUT2D eigenvalue weighted by Gasteiger charge is -2.26. The highest BCUT2D eigenvalue weighted by molar-refractivity contribution is 7.17. The first-order chi connectivity index (χ1) is 16.0. The summed E-state index contributed by atoms with van der Waals surface area (Å²) in [5, 5.41) is 7.84. The van der Waals surface area contributed by atoms with E-state index in [1.165, 1.54) is 17.8 Å². The van der Waals surface area contributed by atoms with Crippen molar-refractivity contribution < 1.29 is 4.79 Å². The van der Waals surface area contributed by atoms with Crippen molar-refractivity contribution in [3.8, 4) is 5.69 Å². The summed E-state index contributed by atoms with van der Waals surface area (Å²) < 4.78 is 2.55. The van der Waals surface area contributed by atoms with Gasteiger partial charge in [-0.3, -0.25) is 10.2 Å². The molecule has 5 nitrogen and oxygen atoms in total. The maximum absolute atomic E-state index is 13.3. The number of allylic oxidation sites excluding steroid dienone is 1. The molecule has 1 fully saturated rings. The SMILES string of the molecule is O=C(NN1CCCCC1)c1nn(-c2ccc(Cl)cc2Cl)c2c1CCC/C2=C\c1ccc(Cl)s1. The van der Waals surface area contributed by atoms with Gasteiger partial charge in [-0.2, -0.15) is 5.10 Å². The first-order valence-corrected chi connectivity index (χ1v) is 13.0. The third-order valence-electron chi connectivity index (χ3n) is 6.04. The molecule has 1 aliphatic carbocycles. The summed E-state index contributed by atoms with van der Waals surface area (Å²) in [7, 11) is 0. The maximum Gasteiger partial charge on any atom is 0.286 e. The number of aromatic nitrogens is 2. The van der Waals surface area contributed by atoms with Gasteiger partial charge in [-0.05, 0) is 74.1 Å². The molecule has 1 N–H and O–H groups in total. The molecular formula is C24H23Cl3N4OS. The quantitative estimate of drug-likeness (QED) is 0.406. The van der Waals surface area contributed by atoms with E-state index < -0.39 is 0 Å². The molecule has 0 atom stereocenters. The number of hydrogen-bond acceptors (Lipinski definition) is 4. The number of hydrogen-bond donors (Lipinski definition) is 1. The number of nitrogens with zero attached hydrogens (tertiary/aromatic N) is 3. The van der Waals surface area contributed by atoms with E-state index in [2.05, 4.69) is 11.5 Å². The van der Waals surface area contributed by atoms with Crippen molar-refractivity contribution in [2.24, 2.45) is 0 Å². The van der Waals surface area contributed by atoms with Gasteiger partial charge in [-0.25, -0.2) is 9.69 Å². The molecule has 0 saturated carbocycles. The van der Waals surface area contributed by atoms with Gasteiger partial charge in [-0.1, -0.05) is 41.2 Å². The molecule has 5 rings (SSSR count). The number of fused-ring (bicyclic) bond motifs is 1. The monoisotopic (exact) mass is 520 g/mol. The van der Waals surface area contributed by atoms with Gasteiger partial charge in [0.25, 0.3) is 5.91 Å². The number of amides is 1. The molecule has 1 amide bonds. The number of carbonyl (C=O) groups is 1. The largest absolute Gasteiger partial charge is 0.286 e. The minimum atomic E-state index is -0.169. The molecule has 3 aromatic rings. The highest BCUT2D eigenvalue weighted by Gasteiger charge is 2.30. The van der Waals surface area contributed by atoms with Gasteiger partial charge in [0.15, 0.2) is 5.69 Å². The van der Waals surface area contributed by atoms with Crippen LogP contribution < -0.4 is 5.43 Å². The molecule has 2 aromatic heterocycles. The van der Waals surface area contributed by atoms with Crippen LogP contribution in [0.1, 0.15) is 58.7 Å². The number of carbonyl (C=O) groups excluding carboxylic acids is 1. The lowest BCUT2D eigenvalue weighted by Crippen LogP contribution is -2.45. The zero-order valence-electron chi connectivity index (χ0n) is 17.9. The zero-order chi connectivity index (χ0) is 22.9. The lowest BCUT2D eigenvalue weighted by molar-refractivity contribution is 0.0743. The molecule has 1 saturated heterocycles. The summed E-state index contributed by atoms with van der Waals surface area (Å²) in [5.41, 5.74) is 7.23. The van der Waals surface area contributed by atoms with Crippen LogP contribution in [0.2, 0.25) is 14.4 Å². The molecular weight excluding hydrogens is 499 g/mol. The number of benzene rings is 1. The summed E-state index contributed by atoms with van der Waals surface area (Å²) in [6.45, 7) is 1.73. The van der Waals surface area contributed by atoms with Crippen molar-refractivity contribution in [2.75, 3.05) is 13.1 Å². The number of halogens is 3. The van der Waals surface area contributed by atoms with Gasteiger partial charge in [0.1, 0.15) is 0 Å². The van der Waals surface area contributed by atoms with Crippen LogP contribution in [0, 0.1) is 0 Å². The standard InChI is InChI=1S/C24H23Cl3N4OS/c25-16-7-9-20(19(26)14-16)31-23-15(13-17-8-10-21(27)33-17)5-4-6-18(23)22(28-31)24(32)29-30-11-2-1-3-12-30/h7-10,13-14H,1-6,11-12H2,(H,29,32)/b15-13+. The van der Waals surface area contributed by atoms with E-state index in [1.54, 1.807) is 16.8 Å². The van der Waals surface area contributed by atoms with Crippen LogP contribution in [0.4, 0.5) is 0 Å². The first kappa shape index (κ1) is 22.9. The molecule has 2 aliphatic rings. The van der Waals surface area contributed by atoms with Gasteiger partial charge in [0.2, 0.25) is 0 Å². The van der Waals surface area contributed by atoms with Gasteiger partial charge in [0, 0.05) is 28.6 Å². The van der Waals surface area contributed by atoms with E-state index in [0.29, 0.717) is 21.4 Å². The fourth-order valence-corrected chi connectivity index (χ4v) is 6.04. The number of rotatable bonds is 4. The van der Waals surface area contributed by atoms with E-state index in [1.807, 2.05) is 23.2 Å². The summed E-state index contributed by atoms with van der Waals surface area (Å²) in [6.07, 6.45) is 8.13. The van der Waals surface area contributed by atoms with Crippen LogP contribution in [0.3, 0.4) is 0 Å². The van der Waals surface area contributed by atoms with Gasteiger partial charge in [0.05, 0.1) is 20.7 Å². The second-order valence-corrected chi connectivity index (χ2v) is 10.9. The molecule has 172 valence electrons. The Morgan fingerprint density at radius 2 is 1.85 bits per heavy atom. The Kier molecular flexibility index (Phi) is 6.81. The molecule has 3 heterocycles. The molecule has 1 aliphatic heterocycles. The Balaban J connectivity index is 1.61. The van der Waals surface area contributed by atoms with Crippen molar-refractivity contribution in [2.45, 2.75) is 38.5 Å². The summed E-state index contributed by atoms with van der Waals surface area (Å²) in [5.74, 6) is -0.169. The molecule has 33 heavy (non-hydrogen) atoms. The van der Waals surface area contributed by atoms with Crippen molar-refractivity contribution in [1.29, 1.82) is 0 Å². The Morgan fingerprint density at radius 1 is 1.03 bits per heavy atom. The van der Waals surface area contributed by atoms with Gasteiger partial charge < -0.3 is 0 Å². The Labute approximate surface area is 211 Å². The average molecular weight is 522 g/mol. The van der Waals surface area contributed by atoms with Crippen LogP contribution in [-0.2, 0) is 6.42 Å². The van der Waals surface area contributed by atoms with Crippen molar-refractivity contribution in [3.05, 3.63) is 66.5 Å². The Morgan fingerprint density at radius 3 is 2.58 bits per heavy atom. The number of thiophene rings is 1. The normalized spacial score (nSPS) is 17.8. The van der Waals surface area contributed by atoms with E-state index in [9.17, 15) is 4.79 Å². The predicted octanol–water partition coefficient (Wildman–Crippen LogP) is 6.90. The highest BCUT2D eigenvalue weighted by atomic mass is 35.5. The second-order valence-electron chi connectivity index (χ2n) is 8.34. The first-order valence-electron chi connectivity index (χ1n) is 11.1. The zero-order valence-corrected chi connectivity index (χ0v) is 21.0. The fourth-order valence-electron chi connectivity index (χ4n) is 4.52. The Hall–Kier alpha value is -1.83. The minimum Gasteiger partial charge on any atom is -0.283 e. The highest BCUT2D eigenvalue weighted by Crippen LogP contribution is 2.38. The number of nitrogens with one attached hydrogen (secondary N) is 1. The smallest absolute Gasteiger partial charge is 0.283 e. The maximum atomic E-state index is 13.3. The predicted molar refractivity (Wildman–Crippen MR) is 137 cm³/mol. The molecule has 1 aromatic carbocycles. The van der Waals surface area contributed by atoms with E-state index in [0.717, 1.165) is 71.2 Å². The van der Waals surface area contributed by atoms with E-state index in [-0.39, 0.29) is 5.91 Å². The number of hydrazine groups is 1. The van der Waals surface area contributed by atoms with Crippen molar-refractivity contribution >= 4 is 63.7 Å². The van der Waals surface area contributed by atoms with Crippen molar-refractivity contribution in [3.63, 3.8) is 0 Å². The Bertz CT molecular complexity index is 1230. The lowest BCUT2D eigenvalue weighted by atomic mass is 9.90. The molecule has 0 spiro atoms. The van der Waals surface area contributed by atoms with Gasteiger partial charge in [-0.15, -0.1) is 11.3 Å². The minimum absolute atomic E-state index is 0.169. The van der Waals surface area contributed by atoms with E-state index >= 15 is 0 Å². The van der Waals surface area contributed by atoms with Crippen molar-refractivity contribution in [1.82, 2.24) is 20.2 Å².